The number of aromatic nitrogens is 1. The Morgan fingerprint density at radius 3 is 2.87 bits per heavy atom. The fraction of sp³-hybridized carbons (Fsp3) is 0.250. The third-order valence-electron chi connectivity index (χ3n) is 2.50. The standard InChI is InChI=1S/C12H15N3/c1-15(9-7-13)12-6-8-14-11-5-3-2-4-10(11)12/h2-6,8H,7,9,13H2,1H3. The molecule has 0 radical (unpaired) electrons. The van der Waals surface area contributed by atoms with Gasteiger partial charge >= 0.3 is 0 Å². The van der Waals surface area contributed by atoms with Crippen molar-refractivity contribution in [3.8, 4) is 0 Å². The summed E-state index contributed by atoms with van der Waals surface area (Å²) in [5.74, 6) is 0. The van der Waals surface area contributed by atoms with Crippen molar-refractivity contribution in [3.63, 3.8) is 0 Å². The summed E-state index contributed by atoms with van der Waals surface area (Å²) in [6.45, 7) is 1.52. The maximum absolute atomic E-state index is 5.55. The van der Waals surface area contributed by atoms with Crippen LogP contribution in [0.5, 0.6) is 0 Å². The van der Waals surface area contributed by atoms with E-state index < -0.39 is 0 Å². The van der Waals surface area contributed by atoms with Gasteiger partial charge in [-0.15, -0.1) is 0 Å². The Bertz CT molecular complexity index is 448. The molecule has 1 aromatic heterocycles. The molecule has 15 heavy (non-hydrogen) atoms. The molecular formula is C12H15N3. The van der Waals surface area contributed by atoms with Crippen LogP contribution < -0.4 is 10.6 Å². The van der Waals surface area contributed by atoms with Crippen LogP contribution in [0, 0.1) is 0 Å². The van der Waals surface area contributed by atoms with E-state index in [9.17, 15) is 0 Å². The smallest absolute Gasteiger partial charge is 0.0722 e. The van der Waals surface area contributed by atoms with Crippen molar-refractivity contribution in [2.75, 3.05) is 25.0 Å². The lowest BCUT2D eigenvalue weighted by Gasteiger charge is -2.19. The number of para-hydroxylation sites is 1. The van der Waals surface area contributed by atoms with Crippen molar-refractivity contribution in [1.82, 2.24) is 4.98 Å². The first-order valence-electron chi connectivity index (χ1n) is 5.08. The van der Waals surface area contributed by atoms with Crippen molar-refractivity contribution >= 4 is 16.6 Å². The van der Waals surface area contributed by atoms with Crippen LogP contribution in [0.25, 0.3) is 10.9 Å². The molecule has 1 heterocycles. The van der Waals surface area contributed by atoms with Crippen molar-refractivity contribution in [3.05, 3.63) is 36.5 Å². The highest BCUT2D eigenvalue weighted by Crippen LogP contribution is 2.23. The summed E-state index contributed by atoms with van der Waals surface area (Å²) < 4.78 is 0. The fourth-order valence-electron chi connectivity index (χ4n) is 1.73. The van der Waals surface area contributed by atoms with Gasteiger partial charge in [-0.3, -0.25) is 4.98 Å². The highest BCUT2D eigenvalue weighted by Gasteiger charge is 2.04. The monoisotopic (exact) mass is 201 g/mol. The molecule has 0 saturated carbocycles. The molecule has 3 heteroatoms. The Morgan fingerprint density at radius 2 is 2.07 bits per heavy atom. The van der Waals surface area contributed by atoms with E-state index in [2.05, 4.69) is 23.0 Å². The molecule has 2 N–H and O–H groups in total. The SMILES string of the molecule is CN(CCN)c1ccnc2ccccc12. The quantitative estimate of drug-likeness (QED) is 0.820. The van der Waals surface area contributed by atoms with Gasteiger partial charge in [-0.1, -0.05) is 18.2 Å². The predicted molar refractivity (Wildman–Crippen MR) is 64.1 cm³/mol. The van der Waals surface area contributed by atoms with Gasteiger partial charge < -0.3 is 10.6 Å². The van der Waals surface area contributed by atoms with E-state index >= 15 is 0 Å². The molecular weight excluding hydrogens is 186 g/mol. The maximum atomic E-state index is 5.55. The summed E-state index contributed by atoms with van der Waals surface area (Å²) in [5.41, 5.74) is 7.77. The number of fused-ring (bicyclic) bond motifs is 1. The first kappa shape index (κ1) is 9.93. The molecule has 0 amide bonds. The molecule has 2 aromatic rings. The Labute approximate surface area is 89.5 Å². The molecule has 0 unspecified atom stereocenters. The number of pyridine rings is 1. The lowest BCUT2D eigenvalue weighted by molar-refractivity contribution is 0.888. The van der Waals surface area contributed by atoms with Crippen LogP contribution in [0.1, 0.15) is 0 Å². The van der Waals surface area contributed by atoms with E-state index in [4.69, 9.17) is 5.73 Å². The zero-order chi connectivity index (χ0) is 10.7. The van der Waals surface area contributed by atoms with Gasteiger partial charge in [0.25, 0.3) is 0 Å². The number of anilines is 1. The van der Waals surface area contributed by atoms with Crippen LogP contribution in [-0.2, 0) is 0 Å². The largest absolute Gasteiger partial charge is 0.373 e. The molecule has 78 valence electrons. The van der Waals surface area contributed by atoms with Crippen molar-refractivity contribution < 1.29 is 0 Å². The lowest BCUT2D eigenvalue weighted by atomic mass is 10.2. The summed E-state index contributed by atoms with van der Waals surface area (Å²) >= 11 is 0. The average molecular weight is 201 g/mol. The van der Waals surface area contributed by atoms with Gasteiger partial charge in [0, 0.05) is 37.4 Å². The maximum Gasteiger partial charge on any atom is 0.0722 e. The van der Waals surface area contributed by atoms with Gasteiger partial charge in [0.05, 0.1) is 5.52 Å². The zero-order valence-corrected chi connectivity index (χ0v) is 8.85. The minimum atomic E-state index is 0.660. The Hall–Kier alpha value is -1.61. The van der Waals surface area contributed by atoms with E-state index in [1.165, 1.54) is 11.1 Å². The Kier molecular flexibility index (Phi) is 2.83. The van der Waals surface area contributed by atoms with Gasteiger partial charge in [0.1, 0.15) is 0 Å². The average Bonchev–Trinajstić information content (AvgIpc) is 2.28. The second kappa shape index (κ2) is 4.28. The normalized spacial score (nSPS) is 10.5. The van der Waals surface area contributed by atoms with Gasteiger partial charge in [0.15, 0.2) is 0 Å². The first-order chi connectivity index (χ1) is 7.33. The van der Waals surface area contributed by atoms with E-state index in [1.807, 2.05) is 30.5 Å². The minimum Gasteiger partial charge on any atom is -0.373 e. The van der Waals surface area contributed by atoms with E-state index in [1.54, 1.807) is 0 Å². The summed E-state index contributed by atoms with van der Waals surface area (Å²) in [6, 6.07) is 10.2. The van der Waals surface area contributed by atoms with Crippen LogP contribution >= 0.6 is 0 Å². The van der Waals surface area contributed by atoms with Crippen LogP contribution in [-0.4, -0.2) is 25.1 Å². The topological polar surface area (TPSA) is 42.1 Å². The summed E-state index contributed by atoms with van der Waals surface area (Å²) in [4.78, 5) is 6.48. The highest BCUT2D eigenvalue weighted by atomic mass is 15.1. The summed E-state index contributed by atoms with van der Waals surface area (Å²) in [7, 11) is 2.05. The molecule has 0 spiro atoms. The van der Waals surface area contributed by atoms with Crippen LogP contribution in [0.2, 0.25) is 0 Å². The number of likely N-dealkylation sites (N-methyl/N-ethyl adjacent to an activating group) is 1. The van der Waals surface area contributed by atoms with Gasteiger partial charge in [-0.2, -0.15) is 0 Å². The van der Waals surface area contributed by atoms with E-state index in [-0.39, 0.29) is 0 Å². The van der Waals surface area contributed by atoms with Crippen molar-refractivity contribution in [2.45, 2.75) is 0 Å². The van der Waals surface area contributed by atoms with Gasteiger partial charge in [0.2, 0.25) is 0 Å². The second-order valence-corrected chi connectivity index (χ2v) is 3.56. The molecule has 1 aromatic carbocycles. The highest BCUT2D eigenvalue weighted by molar-refractivity contribution is 5.91. The fourth-order valence-corrected chi connectivity index (χ4v) is 1.73. The first-order valence-corrected chi connectivity index (χ1v) is 5.08. The minimum absolute atomic E-state index is 0.660. The molecule has 0 aliphatic heterocycles. The third-order valence-corrected chi connectivity index (χ3v) is 2.50. The van der Waals surface area contributed by atoms with Crippen LogP contribution in [0.3, 0.4) is 0 Å². The predicted octanol–water partition coefficient (Wildman–Crippen LogP) is 1.63. The summed E-state index contributed by atoms with van der Waals surface area (Å²) in [6.07, 6.45) is 1.84. The zero-order valence-electron chi connectivity index (χ0n) is 8.85. The molecule has 0 fully saturated rings. The van der Waals surface area contributed by atoms with E-state index in [0.29, 0.717) is 6.54 Å². The van der Waals surface area contributed by atoms with Gasteiger partial charge in [-0.05, 0) is 12.1 Å². The Balaban J connectivity index is 2.50. The van der Waals surface area contributed by atoms with Crippen molar-refractivity contribution in [1.29, 1.82) is 0 Å². The molecule has 0 bridgehead atoms. The van der Waals surface area contributed by atoms with Crippen LogP contribution in [0.4, 0.5) is 5.69 Å². The third kappa shape index (κ3) is 1.92. The Morgan fingerprint density at radius 1 is 1.27 bits per heavy atom. The molecule has 0 aliphatic rings. The van der Waals surface area contributed by atoms with E-state index in [0.717, 1.165) is 12.1 Å². The van der Waals surface area contributed by atoms with Crippen molar-refractivity contribution in [2.24, 2.45) is 5.73 Å². The number of nitrogens with zero attached hydrogens (tertiary/aromatic N) is 2. The number of rotatable bonds is 3. The molecule has 0 aliphatic carbocycles. The number of nitrogens with two attached hydrogens (primary N) is 1. The second-order valence-electron chi connectivity index (χ2n) is 3.56. The molecule has 0 atom stereocenters. The number of hydrogen-bond acceptors (Lipinski definition) is 3. The van der Waals surface area contributed by atoms with Gasteiger partial charge in [-0.25, -0.2) is 0 Å². The summed E-state index contributed by atoms with van der Waals surface area (Å²) in [5, 5.41) is 1.18. The number of hydrogen-bond donors (Lipinski definition) is 1. The van der Waals surface area contributed by atoms with Crippen LogP contribution in [0.15, 0.2) is 36.5 Å². The number of benzene rings is 1. The molecule has 0 saturated heterocycles. The molecule has 2 rings (SSSR count). The molecule has 3 nitrogen and oxygen atoms in total. The lowest BCUT2D eigenvalue weighted by Crippen LogP contribution is -2.25.